The molecule has 0 radical (unpaired) electrons. The second-order valence-electron chi connectivity index (χ2n) is 6.98. The Morgan fingerprint density at radius 1 is 1.11 bits per heavy atom. The quantitative estimate of drug-likeness (QED) is 0.633. The number of halogens is 1. The molecule has 1 fully saturated rings. The minimum Gasteiger partial charge on any atom is -0.339 e. The third-order valence-electron chi connectivity index (χ3n) is 4.94. The zero-order valence-corrected chi connectivity index (χ0v) is 16.9. The average Bonchev–Trinajstić information content (AvgIpc) is 3.19. The van der Waals surface area contributed by atoms with E-state index in [4.69, 9.17) is 16.1 Å². The summed E-state index contributed by atoms with van der Waals surface area (Å²) in [5.41, 5.74) is 1.83. The molecular formula is C20H20ClN3O3S. The van der Waals surface area contributed by atoms with E-state index in [0.717, 1.165) is 24.0 Å². The molecule has 1 aliphatic heterocycles. The van der Waals surface area contributed by atoms with Crippen LogP contribution in [0.25, 0.3) is 11.4 Å². The average molecular weight is 418 g/mol. The molecule has 0 N–H and O–H groups in total. The van der Waals surface area contributed by atoms with Gasteiger partial charge in [0.05, 0.1) is 10.8 Å². The van der Waals surface area contributed by atoms with Gasteiger partial charge in [0.1, 0.15) is 0 Å². The minimum absolute atomic E-state index is 0.123. The standard InChI is InChI=1S/C20H20ClN3O3S/c1-14-4-10-18(11-5-14)28(25,26)24-12-2-3-16(13-24)20-22-19(23-27-20)15-6-8-17(21)9-7-15/h4-11,16H,2-3,12-13H2,1H3/t16-/m1/s1. The number of nitrogens with zero attached hydrogens (tertiary/aromatic N) is 3. The van der Waals surface area contributed by atoms with Gasteiger partial charge in [0.15, 0.2) is 0 Å². The lowest BCUT2D eigenvalue weighted by molar-refractivity contribution is 0.265. The van der Waals surface area contributed by atoms with Crippen LogP contribution in [0.2, 0.25) is 5.02 Å². The van der Waals surface area contributed by atoms with Gasteiger partial charge >= 0.3 is 0 Å². The van der Waals surface area contributed by atoms with Crippen LogP contribution in [0.15, 0.2) is 57.9 Å². The molecule has 8 heteroatoms. The normalized spacial score (nSPS) is 18.3. The van der Waals surface area contributed by atoms with E-state index in [1.54, 1.807) is 24.3 Å². The maximum absolute atomic E-state index is 13.0. The van der Waals surface area contributed by atoms with E-state index in [1.807, 2.05) is 31.2 Å². The summed E-state index contributed by atoms with van der Waals surface area (Å²) in [5, 5.41) is 4.69. The van der Waals surface area contributed by atoms with Crippen LogP contribution in [-0.2, 0) is 10.0 Å². The number of rotatable bonds is 4. The van der Waals surface area contributed by atoms with Crippen LogP contribution in [0.4, 0.5) is 0 Å². The van der Waals surface area contributed by atoms with Crippen molar-refractivity contribution in [2.45, 2.75) is 30.6 Å². The first kappa shape index (κ1) is 19.1. The summed E-state index contributed by atoms with van der Waals surface area (Å²) in [7, 11) is -3.54. The Bertz CT molecular complexity index is 1060. The second kappa shape index (κ2) is 7.66. The molecule has 1 saturated heterocycles. The monoisotopic (exact) mass is 417 g/mol. The molecule has 1 aromatic heterocycles. The number of piperidine rings is 1. The van der Waals surface area contributed by atoms with Gasteiger partial charge in [-0.2, -0.15) is 9.29 Å². The SMILES string of the molecule is Cc1ccc(S(=O)(=O)N2CCC[C@@H](c3nc(-c4ccc(Cl)cc4)no3)C2)cc1. The lowest BCUT2D eigenvalue weighted by Gasteiger charge is -2.30. The minimum atomic E-state index is -3.54. The van der Waals surface area contributed by atoms with Crippen LogP contribution in [0.5, 0.6) is 0 Å². The Kier molecular flexibility index (Phi) is 5.23. The van der Waals surface area contributed by atoms with E-state index >= 15 is 0 Å². The third kappa shape index (κ3) is 3.83. The number of sulfonamides is 1. The molecule has 0 amide bonds. The molecule has 1 aliphatic rings. The van der Waals surface area contributed by atoms with Gasteiger partial charge in [0.25, 0.3) is 0 Å². The maximum Gasteiger partial charge on any atom is 0.243 e. The van der Waals surface area contributed by atoms with Crippen molar-refractivity contribution in [1.82, 2.24) is 14.4 Å². The van der Waals surface area contributed by atoms with Crippen molar-refractivity contribution in [3.63, 3.8) is 0 Å². The highest BCUT2D eigenvalue weighted by molar-refractivity contribution is 7.89. The molecular weight excluding hydrogens is 398 g/mol. The smallest absolute Gasteiger partial charge is 0.243 e. The van der Waals surface area contributed by atoms with Gasteiger partial charge in [-0.15, -0.1) is 0 Å². The van der Waals surface area contributed by atoms with E-state index in [1.165, 1.54) is 4.31 Å². The fraction of sp³-hybridized carbons (Fsp3) is 0.300. The van der Waals surface area contributed by atoms with Gasteiger partial charge in [0.2, 0.25) is 21.7 Å². The predicted octanol–water partition coefficient (Wildman–Crippen LogP) is 4.27. The van der Waals surface area contributed by atoms with Crippen molar-refractivity contribution in [1.29, 1.82) is 0 Å². The van der Waals surface area contributed by atoms with Crippen LogP contribution in [0.1, 0.15) is 30.2 Å². The molecule has 2 heterocycles. The van der Waals surface area contributed by atoms with Crippen molar-refractivity contribution in [2.75, 3.05) is 13.1 Å². The number of benzene rings is 2. The van der Waals surface area contributed by atoms with Gasteiger partial charge < -0.3 is 4.52 Å². The van der Waals surface area contributed by atoms with Gasteiger partial charge in [-0.25, -0.2) is 8.42 Å². The van der Waals surface area contributed by atoms with Crippen molar-refractivity contribution in [2.24, 2.45) is 0 Å². The summed E-state index contributed by atoms with van der Waals surface area (Å²) in [4.78, 5) is 4.80. The van der Waals surface area contributed by atoms with Crippen LogP contribution in [-0.4, -0.2) is 36.0 Å². The van der Waals surface area contributed by atoms with E-state index in [9.17, 15) is 8.42 Å². The number of hydrogen-bond donors (Lipinski definition) is 0. The molecule has 2 aromatic carbocycles. The summed E-state index contributed by atoms with van der Waals surface area (Å²) in [5.74, 6) is 0.821. The van der Waals surface area contributed by atoms with E-state index in [0.29, 0.717) is 34.7 Å². The van der Waals surface area contributed by atoms with E-state index in [-0.39, 0.29) is 5.92 Å². The zero-order valence-electron chi connectivity index (χ0n) is 15.4. The molecule has 28 heavy (non-hydrogen) atoms. The lowest BCUT2D eigenvalue weighted by atomic mass is 10.00. The molecule has 0 aliphatic carbocycles. The molecule has 6 nitrogen and oxygen atoms in total. The van der Waals surface area contributed by atoms with Gasteiger partial charge in [-0.1, -0.05) is 34.5 Å². The van der Waals surface area contributed by atoms with Gasteiger partial charge in [-0.3, -0.25) is 0 Å². The van der Waals surface area contributed by atoms with E-state index in [2.05, 4.69) is 10.1 Å². The Morgan fingerprint density at radius 2 is 1.82 bits per heavy atom. The van der Waals surface area contributed by atoms with Gasteiger partial charge in [-0.05, 0) is 56.2 Å². The summed E-state index contributed by atoms with van der Waals surface area (Å²) in [6.45, 7) is 2.75. The number of aromatic nitrogens is 2. The molecule has 0 unspecified atom stereocenters. The third-order valence-corrected chi connectivity index (χ3v) is 7.07. The highest BCUT2D eigenvalue weighted by Gasteiger charge is 2.33. The Hall–Kier alpha value is -2.22. The van der Waals surface area contributed by atoms with Gasteiger partial charge in [0, 0.05) is 23.7 Å². The first-order valence-corrected chi connectivity index (χ1v) is 10.9. The molecule has 0 saturated carbocycles. The van der Waals surface area contributed by atoms with Crippen LogP contribution >= 0.6 is 11.6 Å². The van der Waals surface area contributed by atoms with Crippen LogP contribution < -0.4 is 0 Å². The van der Waals surface area contributed by atoms with Crippen molar-refractivity contribution in [3.8, 4) is 11.4 Å². The molecule has 0 bridgehead atoms. The highest BCUT2D eigenvalue weighted by Crippen LogP contribution is 2.31. The van der Waals surface area contributed by atoms with E-state index < -0.39 is 10.0 Å². The molecule has 4 rings (SSSR count). The fourth-order valence-electron chi connectivity index (χ4n) is 3.34. The lowest BCUT2D eigenvalue weighted by Crippen LogP contribution is -2.39. The Morgan fingerprint density at radius 3 is 2.54 bits per heavy atom. The first-order chi connectivity index (χ1) is 13.4. The predicted molar refractivity (Wildman–Crippen MR) is 107 cm³/mol. The molecule has 146 valence electrons. The maximum atomic E-state index is 13.0. The Balaban J connectivity index is 1.54. The topological polar surface area (TPSA) is 76.3 Å². The summed E-state index contributed by atoms with van der Waals surface area (Å²) in [6, 6.07) is 14.1. The van der Waals surface area contributed by atoms with Crippen molar-refractivity contribution in [3.05, 3.63) is 65.0 Å². The van der Waals surface area contributed by atoms with Crippen molar-refractivity contribution < 1.29 is 12.9 Å². The molecule has 1 atom stereocenters. The second-order valence-corrected chi connectivity index (χ2v) is 9.35. The van der Waals surface area contributed by atoms with Crippen LogP contribution in [0, 0.1) is 6.92 Å². The Labute approximate surface area is 169 Å². The molecule has 3 aromatic rings. The number of aryl methyl sites for hydroxylation is 1. The largest absolute Gasteiger partial charge is 0.339 e. The zero-order chi connectivity index (χ0) is 19.7. The summed E-state index contributed by atoms with van der Waals surface area (Å²) < 4.78 is 32.9. The highest BCUT2D eigenvalue weighted by atomic mass is 35.5. The summed E-state index contributed by atoms with van der Waals surface area (Å²) in [6.07, 6.45) is 1.55. The van der Waals surface area contributed by atoms with Crippen molar-refractivity contribution >= 4 is 21.6 Å². The molecule has 0 spiro atoms. The van der Waals surface area contributed by atoms with Crippen LogP contribution in [0.3, 0.4) is 0 Å². The number of hydrogen-bond acceptors (Lipinski definition) is 5. The first-order valence-electron chi connectivity index (χ1n) is 9.10. The fourth-order valence-corrected chi connectivity index (χ4v) is 4.99. The summed E-state index contributed by atoms with van der Waals surface area (Å²) >= 11 is 5.92.